The standard InChI is InChI=1S/C18H18F2N4O3S/c1-11-9-18(26,16(19)20)24(23-11)15(25)10-28-17-21-8-7-14(22-17)12-3-5-13(27-2)6-4-12/h3-8,16,26H,9-10H2,1-2H3. The van der Waals surface area contributed by atoms with Crippen molar-refractivity contribution in [3.05, 3.63) is 36.5 Å². The third kappa shape index (κ3) is 4.12. The molecule has 0 radical (unpaired) electrons. The minimum Gasteiger partial charge on any atom is -0.497 e. The van der Waals surface area contributed by atoms with Crippen molar-refractivity contribution in [2.24, 2.45) is 5.10 Å². The summed E-state index contributed by atoms with van der Waals surface area (Å²) < 4.78 is 31.5. The van der Waals surface area contributed by atoms with Crippen LogP contribution in [0.2, 0.25) is 0 Å². The predicted octanol–water partition coefficient (Wildman–Crippen LogP) is 2.81. The lowest BCUT2D eigenvalue weighted by molar-refractivity contribution is -0.190. The normalized spacial score (nSPS) is 19.1. The van der Waals surface area contributed by atoms with Gasteiger partial charge in [0.05, 0.1) is 18.6 Å². The Bertz CT molecular complexity index is 895. The number of ether oxygens (including phenoxy) is 1. The van der Waals surface area contributed by atoms with E-state index in [1.165, 1.54) is 6.92 Å². The van der Waals surface area contributed by atoms with Gasteiger partial charge in [0.2, 0.25) is 5.72 Å². The van der Waals surface area contributed by atoms with Gasteiger partial charge in [-0.05, 0) is 37.3 Å². The quantitative estimate of drug-likeness (QED) is 0.584. The van der Waals surface area contributed by atoms with Crippen LogP contribution in [0.5, 0.6) is 5.75 Å². The number of nitrogens with zero attached hydrogens (tertiary/aromatic N) is 4. The molecular formula is C18H18F2N4O3S. The van der Waals surface area contributed by atoms with E-state index in [1.807, 2.05) is 12.1 Å². The lowest BCUT2D eigenvalue weighted by Crippen LogP contribution is -2.52. The molecule has 0 bridgehead atoms. The van der Waals surface area contributed by atoms with E-state index in [-0.39, 0.29) is 17.9 Å². The molecule has 0 fully saturated rings. The summed E-state index contributed by atoms with van der Waals surface area (Å²) in [6.45, 7) is 1.48. The van der Waals surface area contributed by atoms with Crippen LogP contribution in [0.4, 0.5) is 8.78 Å². The molecule has 7 nitrogen and oxygen atoms in total. The number of thioether (sulfide) groups is 1. The van der Waals surface area contributed by atoms with Gasteiger partial charge in [0, 0.05) is 23.9 Å². The van der Waals surface area contributed by atoms with Crippen molar-refractivity contribution in [1.82, 2.24) is 15.0 Å². The SMILES string of the molecule is COc1ccc(-c2ccnc(SCC(=O)N3N=C(C)CC3(O)C(F)F)n2)cc1. The van der Waals surface area contributed by atoms with Crippen molar-refractivity contribution >= 4 is 23.4 Å². The van der Waals surface area contributed by atoms with Crippen LogP contribution < -0.4 is 4.74 Å². The third-order valence-electron chi connectivity index (χ3n) is 4.08. The molecule has 1 aliphatic rings. The van der Waals surface area contributed by atoms with Gasteiger partial charge in [0.15, 0.2) is 5.16 Å². The van der Waals surface area contributed by atoms with Crippen LogP contribution in [0.25, 0.3) is 11.3 Å². The Hall–Kier alpha value is -2.59. The fourth-order valence-electron chi connectivity index (χ4n) is 2.71. The molecule has 28 heavy (non-hydrogen) atoms. The number of hydrogen-bond acceptors (Lipinski definition) is 7. The smallest absolute Gasteiger partial charge is 0.287 e. The molecule has 10 heteroatoms. The molecule has 0 spiro atoms. The Labute approximate surface area is 164 Å². The van der Waals surface area contributed by atoms with Gasteiger partial charge in [-0.1, -0.05) is 11.8 Å². The summed E-state index contributed by atoms with van der Waals surface area (Å²) in [5, 5.41) is 14.6. The zero-order chi connectivity index (χ0) is 20.3. The highest BCUT2D eigenvalue weighted by molar-refractivity contribution is 7.99. The molecule has 1 aromatic heterocycles. The molecule has 1 aromatic carbocycles. The number of halogens is 2. The van der Waals surface area contributed by atoms with Gasteiger partial charge in [-0.25, -0.2) is 18.7 Å². The van der Waals surface area contributed by atoms with Crippen LogP contribution in [0.3, 0.4) is 0 Å². The summed E-state index contributed by atoms with van der Waals surface area (Å²) in [4.78, 5) is 20.8. The highest BCUT2D eigenvalue weighted by Crippen LogP contribution is 2.32. The van der Waals surface area contributed by atoms with Gasteiger partial charge < -0.3 is 9.84 Å². The molecule has 3 rings (SSSR count). The van der Waals surface area contributed by atoms with Crippen LogP contribution in [0.15, 0.2) is 46.8 Å². The van der Waals surface area contributed by atoms with Crippen LogP contribution >= 0.6 is 11.8 Å². The maximum Gasteiger partial charge on any atom is 0.287 e. The van der Waals surface area contributed by atoms with Crippen LogP contribution in [0, 0.1) is 0 Å². The molecule has 0 saturated heterocycles. The summed E-state index contributed by atoms with van der Waals surface area (Å²) in [6.07, 6.45) is -1.96. The molecule has 1 unspecified atom stereocenters. The predicted molar refractivity (Wildman–Crippen MR) is 100 cm³/mol. The molecule has 0 aliphatic carbocycles. The van der Waals surface area contributed by atoms with Crippen molar-refractivity contribution in [3.8, 4) is 17.0 Å². The largest absolute Gasteiger partial charge is 0.497 e. The van der Waals surface area contributed by atoms with E-state index < -0.39 is 18.1 Å². The van der Waals surface area contributed by atoms with Gasteiger partial charge in [-0.2, -0.15) is 10.1 Å². The molecule has 2 heterocycles. The fourth-order valence-corrected chi connectivity index (χ4v) is 3.38. The first kappa shape index (κ1) is 20.2. The van der Waals surface area contributed by atoms with E-state index in [9.17, 15) is 18.7 Å². The Morgan fingerprint density at radius 3 is 2.71 bits per heavy atom. The monoisotopic (exact) mass is 408 g/mol. The Kier molecular flexibility index (Phi) is 5.90. The minimum absolute atomic E-state index is 0.238. The summed E-state index contributed by atoms with van der Waals surface area (Å²) in [6, 6.07) is 8.99. The summed E-state index contributed by atoms with van der Waals surface area (Å²) in [5.41, 5.74) is -0.859. The average molecular weight is 408 g/mol. The van der Waals surface area contributed by atoms with E-state index in [4.69, 9.17) is 4.74 Å². The number of carbonyl (C=O) groups is 1. The van der Waals surface area contributed by atoms with Crippen molar-refractivity contribution in [1.29, 1.82) is 0 Å². The molecular weight excluding hydrogens is 390 g/mol. The number of benzene rings is 1. The Morgan fingerprint density at radius 1 is 1.36 bits per heavy atom. The lowest BCUT2D eigenvalue weighted by atomic mass is 10.1. The average Bonchev–Trinajstić information content (AvgIpc) is 3.02. The molecule has 1 atom stereocenters. The molecule has 0 saturated carbocycles. The number of carbonyl (C=O) groups excluding carboxylic acids is 1. The number of alkyl halides is 2. The zero-order valence-electron chi connectivity index (χ0n) is 15.2. The Balaban J connectivity index is 1.70. The highest BCUT2D eigenvalue weighted by Gasteiger charge is 2.50. The topological polar surface area (TPSA) is 87.9 Å². The lowest BCUT2D eigenvalue weighted by Gasteiger charge is -2.29. The first-order valence-corrected chi connectivity index (χ1v) is 9.30. The van der Waals surface area contributed by atoms with Gasteiger partial charge in [0.1, 0.15) is 5.75 Å². The van der Waals surface area contributed by atoms with Gasteiger partial charge in [0.25, 0.3) is 12.3 Å². The zero-order valence-corrected chi connectivity index (χ0v) is 16.0. The number of aliphatic hydroxyl groups is 1. The second-order valence-electron chi connectivity index (χ2n) is 6.14. The first-order valence-electron chi connectivity index (χ1n) is 8.31. The summed E-state index contributed by atoms with van der Waals surface area (Å²) in [7, 11) is 1.58. The van der Waals surface area contributed by atoms with Gasteiger partial charge in [-0.3, -0.25) is 4.79 Å². The van der Waals surface area contributed by atoms with Crippen molar-refractivity contribution in [2.75, 3.05) is 12.9 Å². The van der Waals surface area contributed by atoms with Crippen molar-refractivity contribution in [2.45, 2.75) is 30.7 Å². The van der Waals surface area contributed by atoms with Crippen LogP contribution in [-0.2, 0) is 4.79 Å². The number of amides is 1. The molecule has 1 amide bonds. The number of hydrogen-bond donors (Lipinski definition) is 1. The number of methoxy groups -OCH3 is 1. The number of hydrazone groups is 1. The van der Waals surface area contributed by atoms with Crippen molar-refractivity contribution in [3.63, 3.8) is 0 Å². The van der Waals surface area contributed by atoms with E-state index >= 15 is 0 Å². The maximum absolute atomic E-state index is 13.2. The molecule has 1 aliphatic heterocycles. The summed E-state index contributed by atoms with van der Waals surface area (Å²) in [5.74, 6) is -0.271. The number of rotatable bonds is 6. The van der Waals surface area contributed by atoms with E-state index in [0.29, 0.717) is 21.6 Å². The van der Waals surface area contributed by atoms with Gasteiger partial charge in [-0.15, -0.1) is 0 Å². The van der Waals surface area contributed by atoms with E-state index in [2.05, 4.69) is 15.1 Å². The molecule has 148 valence electrons. The Morgan fingerprint density at radius 2 is 2.07 bits per heavy atom. The van der Waals surface area contributed by atoms with Gasteiger partial charge >= 0.3 is 0 Å². The van der Waals surface area contributed by atoms with E-state index in [0.717, 1.165) is 17.3 Å². The highest BCUT2D eigenvalue weighted by atomic mass is 32.2. The van der Waals surface area contributed by atoms with Crippen LogP contribution in [-0.4, -0.2) is 56.7 Å². The van der Waals surface area contributed by atoms with Crippen molar-refractivity contribution < 1.29 is 23.4 Å². The molecule has 1 N–H and O–H groups in total. The van der Waals surface area contributed by atoms with E-state index in [1.54, 1.807) is 31.5 Å². The fraction of sp³-hybridized carbons (Fsp3) is 0.333. The van der Waals surface area contributed by atoms with Crippen LogP contribution in [0.1, 0.15) is 13.3 Å². The number of aromatic nitrogens is 2. The molecule has 2 aromatic rings. The third-order valence-corrected chi connectivity index (χ3v) is 4.93. The second-order valence-corrected chi connectivity index (χ2v) is 7.08. The maximum atomic E-state index is 13.2. The minimum atomic E-state index is -3.13. The second kappa shape index (κ2) is 8.19. The summed E-state index contributed by atoms with van der Waals surface area (Å²) >= 11 is 0.982. The first-order chi connectivity index (χ1) is 13.3.